The van der Waals surface area contributed by atoms with Gasteiger partial charge in [0.25, 0.3) is 0 Å². The van der Waals surface area contributed by atoms with Crippen molar-refractivity contribution in [3.8, 4) is 0 Å². The zero-order valence-corrected chi connectivity index (χ0v) is 10.9. The molecule has 0 amide bonds. The van der Waals surface area contributed by atoms with Crippen molar-refractivity contribution in [2.45, 2.75) is 25.8 Å². The van der Waals surface area contributed by atoms with E-state index in [1.807, 2.05) is 25.7 Å². The molecule has 0 radical (unpaired) electrons. The van der Waals surface area contributed by atoms with Crippen molar-refractivity contribution in [2.75, 3.05) is 20.3 Å². The molecule has 1 aromatic rings. The van der Waals surface area contributed by atoms with Crippen LogP contribution in [-0.2, 0) is 11.8 Å². The van der Waals surface area contributed by atoms with E-state index in [2.05, 4.69) is 10.4 Å². The Labute approximate surface area is 102 Å². The maximum absolute atomic E-state index is 6.10. The molecule has 0 aliphatic carbocycles. The molecule has 1 N–H and O–H groups in total. The molecule has 0 spiro atoms. The number of nitrogens with zero attached hydrogens (tertiary/aromatic N) is 2. The summed E-state index contributed by atoms with van der Waals surface area (Å²) in [6.45, 7) is 3.58. The highest BCUT2D eigenvalue weighted by Crippen LogP contribution is 2.25. The van der Waals surface area contributed by atoms with Crippen molar-refractivity contribution in [3.05, 3.63) is 16.9 Å². The number of rotatable bonds is 7. The first-order valence-electron chi connectivity index (χ1n) is 5.63. The Bertz CT molecular complexity index is 295. The molecule has 1 rings (SSSR count). The fourth-order valence-corrected chi connectivity index (χ4v) is 2.06. The van der Waals surface area contributed by atoms with Gasteiger partial charge in [-0.3, -0.25) is 4.68 Å². The van der Waals surface area contributed by atoms with Gasteiger partial charge in [-0.05, 0) is 26.8 Å². The topological polar surface area (TPSA) is 39.1 Å². The number of ether oxygens (including phenoxy) is 1. The van der Waals surface area contributed by atoms with Crippen LogP contribution in [-0.4, -0.2) is 30.0 Å². The summed E-state index contributed by atoms with van der Waals surface area (Å²) >= 11 is 6.10. The molecule has 0 fully saturated rings. The van der Waals surface area contributed by atoms with Gasteiger partial charge in [0.1, 0.15) is 0 Å². The van der Waals surface area contributed by atoms with Crippen molar-refractivity contribution in [3.63, 3.8) is 0 Å². The van der Waals surface area contributed by atoms with E-state index in [0.29, 0.717) is 0 Å². The number of hydrogen-bond acceptors (Lipinski definition) is 3. The van der Waals surface area contributed by atoms with E-state index in [-0.39, 0.29) is 6.04 Å². The van der Waals surface area contributed by atoms with Gasteiger partial charge in [0, 0.05) is 20.3 Å². The summed E-state index contributed by atoms with van der Waals surface area (Å²) in [7, 11) is 3.85. The molecule has 0 saturated heterocycles. The van der Waals surface area contributed by atoms with Crippen molar-refractivity contribution >= 4 is 11.6 Å². The molecule has 1 atom stereocenters. The number of nitrogens with one attached hydrogen (secondary N) is 1. The number of aryl methyl sites for hydroxylation is 1. The molecule has 0 bridgehead atoms. The van der Waals surface area contributed by atoms with Gasteiger partial charge in [0.15, 0.2) is 0 Å². The van der Waals surface area contributed by atoms with Crippen LogP contribution >= 0.6 is 11.6 Å². The lowest BCUT2D eigenvalue weighted by Gasteiger charge is -2.17. The van der Waals surface area contributed by atoms with Gasteiger partial charge in [-0.25, -0.2) is 0 Å². The van der Waals surface area contributed by atoms with Gasteiger partial charge in [0.05, 0.1) is 23.0 Å². The quantitative estimate of drug-likeness (QED) is 0.749. The second-order valence-corrected chi connectivity index (χ2v) is 4.09. The van der Waals surface area contributed by atoms with E-state index in [1.54, 1.807) is 6.20 Å². The normalized spacial score (nSPS) is 13.0. The first kappa shape index (κ1) is 13.5. The summed E-state index contributed by atoms with van der Waals surface area (Å²) in [6.07, 6.45) is 3.69. The van der Waals surface area contributed by atoms with E-state index in [0.717, 1.165) is 36.8 Å². The fourth-order valence-electron chi connectivity index (χ4n) is 1.76. The summed E-state index contributed by atoms with van der Waals surface area (Å²) in [5.41, 5.74) is 1.04. The molecule has 1 aromatic heterocycles. The second kappa shape index (κ2) is 6.89. The predicted octanol–water partition coefficient (Wildman–Crippen LogP) is 2.15. The van der Waals surface area contributed by atoms with Crippen LogP contribution in [0.3, 0.4) is 0 Å². The highest BCUT2D eigenvalue weighted by molar-refractivity contribution is 6.31. The lowest BCUT2D eigenvalue weighted by Crippen LogP contribution is -2.20. The van der Waals surface area contributed by atoms with Crippen LogP contribution in [0.4, 0.5) is 0 Å². The van der Waals surface area contributed by atoms with Gasteiger partial charge < -0.3 is 10.1 Å². The number of halogens is 1. The largest absolute Gasteiger partial charge is 0.382 e. The van der Waals surface area contributed by atoms with E-state index in [9.17, 15) is 0 Å². The van der Waals surface area contributed by atoms with E-state index >= 15 is 0 Å². The third kappa shape index (κ3) is 3.47. The number of aromatic nitrogens is 2. The summed E-state index contributed by atoms with van der Waals surface area (Å²) < 4.78 is 7.15. The van der Waals surface area contributed by atoms with Crippen LogP contribution in [0.25, 0.3) is 0 Å². The van der Waals surface area contributed by atoms with Gasteiger partial charge >= 0.3 is 0 Å². The van der Waals surface area contributed by atoms with Crippen LogP contribution in [0.15, 0.2) is 6.20 Å². The molecule has 0 saturated carbocycles. The van der Waals surface area contributed by atoms with Gasteiger partial charge in [-0.15, -0.1) is 0 Å². The second-order valence-electron chi connectivity index (χ2n) is 3.68. The zero-order chi connectivity index (χ0) is 12.0. The van der Waals surface area contributed by atoms with Crippen LogP contribution in [0.5, 0.6) is 0 Å². The molecule has 5 heteroatoms. The molecule has 16 heavy (non-hydrogen) atoms. The van der Waals surface area contributed by atoms with Crippen molar-refractivity contribution in [1.29, 1.82) is 0 Å². The Kier molecular flexibility index (Phi) is 5.80. The molecule has 1 unspecified atom stereocenters. The van der Waals surface area contributed by atoms with E-state index in [1.165, 1.54) is 0 Å². The average Bonchev–Trinajstić information content (AvgIpc) is 2.60. The van der Waals surface area contributed by atoms with Crippen LogP contribution < -0.4 is 5.32 Å². The molecule has 1 heterocycles. The van der Waals surface area contributed by atoms with Crippen LogP contribution in [0, 0.1) is 0 Å². The molecule has 4 nitrogen and oxygen atoms in total. The third-order valence-corrected chi connectivity index (χ3v) is 2.89. The summed E-state index contributed by atoms with van der Waals surface area (Å²) in [5, 5.41) is 8.13. The smallest absolute Gasteiger partial charge is 0.0833 e. The Hall–Kier alpha value is -0.580. The maximum atomic E-state index is 6.10. The monoisotopic (exact) mass is 245 g/mol. The summed E-state index contributed by atoms with van der Waals surface area (Å²) in [6, 6.07) is 0.237. The Morgan fingerprint density at radius 1 is 1.62 bits per heavy atom. The van der Waals surface area contributed by atoms with Gasteiger partial charge in [-0.2, -0.15) is 5.10 Å². The molecule has 0 aromatic carbocycles. The average molecular weight is 246 g/mol. The van der Waals surface area contributed by atoms with Gasteiger partial charge in [-0.1, -0.05) is 11.6 Å². The standard InChI is InChI=1S/C11H20ClN3O/c1-4-16-7-5-6-10(13-2)11-9(12)8-14-15(11)3/h8,10,13H,4-7H2,1-3H3. The highest BCUT2D eigenvalue weighted by atomic mass is 35.5. The zero-order valence-electron chi connectivity index (χ0n) is 10.2. The highest BCUT2D eigenvalue weighted by Gasteiger charge is 2.16. The third-order valence-electron chi connectivity index (χ3n) is 2.60. The number of hydrogen-bond donors (Lipinski definition) is 1. The maximum Gasteiger partial charge on any atom is 0.0833 e. The molecule has 0 aliphatic rings. The minimum Gasteiger partial charge on any atom is -0.382 e. The summed E-state index contributed by atoms with van der Waals surface area (Å²) in [4.78, 5) is 0. The Morgan fingerprint density at radius 3 is 2.88 bits per heavy atom. The van der Waals surface area contributed by atoms with Crippen LogP contribution in [0.2, 0.25) is 5.02 Å². The SMILES string of the molecule is CCOCCCC(NC)c1c(Cl)cnn1C. The minimum atomic E-state index is 0.237. The Morgan fingerprint density at radius 2 is 2.38 bits per heavy atom. The van der Waals surface area contributed by atoms with Crippen molar-refractivity contribution < 1.29 is 4.74 Å². The molecule has 0 aliphatic heterocycles. The van der Waals surface area contributed by atoms with Crippen molar-refractivity contribution in [2.24, 2.45) is 7.05 Å². The Balaban J connectivity index is 2.54. The molecular formula is C11H20ClN3O. The lowest BCUT2D eigenvalue weighted by atomic mass is 10.1. The van der Waals surface area contributed by atoms with Crippen LogP contribution in [0.1, 0.15) is 31.5 Å². The van der Waals surface area contributed by atoms with Gasteiger partial charge in [0.2, 0.25) is 0 Å². The first-order chi connectivity index (χ1) is 7.70. The summed E-state index contributed by atoms with van der Waals surface area (Å²) in [5.74, 6) is 0. The lowest BCUT2D eigenvalue weighted by molar-refractivity contribution is 0.141. The van der Waals surface area contributed by atoms with E-state index < -0.39 is 0 Å². The minimum absolute atomic E-state index is 0.237. The first-order valence-corrected chi connectivity index (χ1v) is 6.00. The molecule has 92 valence electrons. The van der Waals surface area contributed by atoms with Crippen molar-refractivity contribution in [1.82, 2.24) is 15.1 Å². The van der Waals surface area contributed by atoms with E-state index in [4.69, 9.17) is 16.3 Å². The molecular weight excluding hydrogens is 226 g/mol. The fraction of sp³-hybridized carbons (Fsp3) is 0.727. The predicted molar refractivity (Wildman–Crippen MR) is 65.7 cm³/mol.